The summed E-state index contributed by atoms with van der Waals surface area (Å²) in [6, 6.07) is 10.9. The fourth-order valence-electron chi connectivity index (χ4n) is 3.58. The van der Waals surface area contributed by atoms with E-state index in [9.17, 15) is 27.2 Å². The highest BCUT2D eigenvalue weighted by atomic mass is 32.2. The van der Waals surface area contributed by atoms with Gasteiger partial charge in [0.05, 0.1) is 11.3 Å². The molecule has 182 valence electrons. The molecule has 3 rings (SSSR count). The Morgan fingerprint density at radius 1 is 0.941 bits per heavy atom. The fourth-order valence-corrected chi connectivity index (χ4v) is 5.14. The van der Waals surface area contributed by atoms with Crippen molar-refractivity contribution in [3.05, 3.63) is 59.9 Å². The average molecular weight is 491 g/mol. The van der Waals surface area contributed by atoms with Crippen LogP contribution in [-0.2, 0) is 24.3 Å². The summed E-state index contributed by atoms with van der Waals surface area (Å²) in [6.07, 6.45) is 3.27. The smallest absolute Gasteiger partial charge is 0.306 e. The molecule has 0 unspecified atom stereocenters. The van der Waals surface area contributed by atoms with Gasteiger partial charge in [-0.1, -0.05) is 18.9 Å². The van der Waals surface area contributed by atoms with Crippen LogP contribution in [0.5, 0.6) is 0 Å². The second-order valence-corrected chi connectivity index (χ2v) is 9.92. The van der Waals surface area contributed by atoms with E-state index in [1.54, 1.807) is 6.07 Å². The van der Waals surface area contributed by atoms with Gasteiger partial charge < -0.3 is 10.1 Å². The van der Waals surface area contributed by atoms with E-state index in [0.717, 1.165) is 37.8 Å². The minimum Gasteiger partial charge on any atom is -0.456 e. The zero-order valence-electron chi connectivity index (χ0n) is 18.7. The minimum atomic E-state index is -3.67. The van der Waals surface area contributed by atoms with E-state index in [0.29, 0.717) is 13.1 Å². The van der Waals surface area contributed by atoms with Gasteiger partial charge in [-0.3, -0.25) is 14.4 Å². The van der Waals surface area contributed by atoms with E-state index in [1.807, 2.05) is 0 Å². The fraction of sp³-hybridized carbons (Fsp3) is 0.375. The summed E-state index contributed by atoms with van der Waals surface area (Å²) in [5, 5.41) is 2.52. The van der Waals surface area contributed by atoms with Crippen LogP contribution >= 0.6 is 0 Å². The van der Waals surface area contributed by atoms with E-state index in [1.165, 1.54) is 34.6 Å². The van der Waals surface area contributed by atoms with Crippen molar-refractivity contribution in [1.29, 1.82) is 0 Å². The van der Waals surface area contributed by atoms with Crippen molar-refractivity contribution in [2.75, 3.05) is 25.0 Å². The monoisotopic (exact) mass is 490 g/mol. The number of sulfonamides is 1. The molecule has 10 heteroatoms. The summed E-state index contributed by atoms with van der Waals surface area (Å²) in [5.41, 5.74) is 0.547. The molecule has 0 aliphatic carbocycles. The third kappa shape index (κ3) is 7.19. The van der Waals surface area contributed by atoms with Crippen molar-refractivity contribution in [2.24, 2.45) is 0 Å². The molecule has 0 spiro atoms. The Balaban J connectivity index is 1.48. The molecule has 1 aliphatic rings. The number of nitrogens with one attached hydrogen (secondary N) is 1. The molecule has 1 saturated heterocycles. The lowest BCUT2D eigenvalue weighted by Crippen LogP contribution is -2.32. The predicted molar refractivity (Wildman–Crippen MR) is 123 cm³/mol. The van der Waals surface area contributed by atoms with E-state index in [4.69, 9.17) is 4.74 Å². The molecule has 0 radical (unpaired) electrons. The van der Waals surface area contributed by atoms with Gasteiger partial charge in [0.15, 0.2) is 12.4 Å². The Kier molecular flexibility index (Phi) is 8.89. The standard InChI is InChI=1S/C24H27FN2O6S/c25-19-10-8-18(9-11-19)22(28)12-13-24(30)33-17-23(29)26-20-6-5-7-21(16-20)34(31,32)27-14-3-1-2-4-15-27/h5-11,16H,1-4,12-15,17H2,(H,26,29). The summed E-state index contributed by atoms with van der Waals surface area (Å²) < 4.78 is 45.2. The van der Waals surface area contributed by atoms with Gasteiger partial charge in [-0.15, -0.1) is 0 Å². The van der Waals surface area contributed by atoms with Crippen molar-refractivity contribution < 1.29 is 31.9 Å². The molecule has 1 aliphatic heterocycles. The van der Waals surface area contributed by atoms with Gasteiger partial charge in [-0.05, 0) is 55.3 Å². The molecule has 1 heterocycles. The Bertz CT molecular complexity index is 1130. The van der Waals surface area contributed by atoms with Gasteiger partial charge in [-0.2, -0.15) is 4.31 Å². The van der Waals surface area contributed by atoms with Crippen LogP contribution in [0.3, 0.4) is 0 Å². The number of benzene rings is 2. The molecule has 2 aromatic rings. The maximum absolute atomic E-state index is 12.9. The zero-order valence-corrected chi connectivity index (χ0v) is 19.5. The summed E-state index contributed by atoms with van der Waals surface area (Å²) in [7, 11) is -3.67. The van der Waals surface area contributed by atoms with Gasteiger partial charge in [0.1, 0.15) is 5.82 Å². The summed E-state index contributed by atoms with van der Waals surface area (Å²) in [6.45, 7) is 0.365. The first kappa shape index (κ1) is 25.5. The topological polar surface area (TPSA) is 110 Å². The molecule has 0 saturated carbocycles. The van der Waals surface area contributed by atoms with Crippen molar-refractivity contribution in [3.8, 4) is 0 Å². The first-order valence-corrected chi connectivity index (χ1v) is 12.5. The van der Waals surface area contributed by atoms with Crippen LogP contribution in [0.2, 0.25) is 0 Å². The van der Waals surface area contributed by atoms with Gasteiger partial charge >= 0.3 is 5.97 Å². The number of carbonyl (C=O) groups excluding carboxylic acids is 3. The van der Waals surface area contributed by atoms with Crippen LogP contribution in [0.1, 0.15) is 48.9 Å². The Hall–Kier alpha value is -3.11. The van der Waals surface area contributed by atoms with Gasteiger partial charge in [0.25, 0.3) is 5.91 Å². The maximum atomic E-state index is 12.9. The Morgan fingerprint density at radius 3 is 2.29 bits per heavy atom. The highest BCUT2D eigenvalue weighted by Crippen LogP contribution is 2.22. The molecule has 0 bridgehead atoms. The SMILES string of the molecule is O=C(COC(=O)CCC(=O)c1ccc(F)cc1)Nc1cccc(S(=O)(=O)N2CCCCCC2)c1. The molecular formula is C24H27FN2O6S. The average Bonchev–Trinajstić information content (AvgIpc) is 3.12. The van der Waals surface area contributed by atoms with E-state index in [-0.39, 0.29) is 34.8 Å². The highest BCUT2D eigenvalue weighted by Gasteiger charge is 2.25. The lowest BCUT2D eigenvalue weighted by molar-refractivity contribution is -0.147. The molecular weight excluding hydrogens is 463 g/mol. The Morgan fingerprint density at radius 2 is 1.62 bits per heavy atom. The molecule has 8 nitrogen and oxygen atoms in total. The molecule has 34 heavy (non-hydrogen) atoms. The number of anilines is 1. The van der Waals surface area contributed by atoms with Crippen LogP contribution in [0, 0.1) is 5.82 Å². The third-order valence-corrected chi connectivity index (χ3v) is 7.30. The second-order valence-electron chi connectivity index (χ2n) is 7.99. The van der Waals surface area contributed by atoms with E-state index in [2.05, 4.69) is 5.32 Å². The number of ether oxygens (including phenoxy) is 1. The Labute approximate surface area is 198 Å². The van der Waals surface area contributed by atoms with Crippen molar-refractivity contribution >= 4 is 33.4 Å². The molecule has 0 atom stereocenters. The minimum absolute atomic E-state index is 0.0866. The van der Waals surface area contributed by atoms with E-state index < -0.39 is 34.3 Å². The van der Waals surface area contributed by atoms with Crippen LogP contribution in [0.15, 0.2) is 53.4 Å². The molecule has 0 aromatic heterocycles. The third-order valence-electron chi connectivity index (χ3n) is 5.41. The number of ketones is 1. The first-order chi connectivity index (χ1) is 16.3. The van der Waals surface area contributed by atoms with Crippen LogP contribution < -0.4 is 5.32 Å². The number of hydrogen-bond acceptors (Lipinski definition) is 6. The van der Waals surface area contributed by atoms with Crippen molar-refractivity contribution in [1.82, 2.24) is 4.31 Å². The second kappa shape index (κ2) is 11.8. The van der Waals surface area contributed by atoms with Gasteiger partial charge in [0, 0.05) is 30.8 Å². The van der Waals surface area contributed by atoms with Crippen LogP contribution in [0.4, 0.5) is 10.1 Å². The highest BCUT2D eigenvalue weighted by molar-refractivity contribution is 7.89. The molecule has 1 amide bonds. The summed E-state index contributed by atoms with van der Waals surface area (Å²) in [4.78, 5) is 36.2. The normalized spacial score (nSPS) is 14.7. The quantitative estimate of drug-likeness (QED) is 0.425. The lowest BCUT2D eigenvalue weighted by Gasteiger charge is -2.20. The summed E-state index contributed by atoms with van der Waals surface area (Å²) >= 11 is 0. The van der Waals surface area contributed by atoms with Crippen LogP contribution in [-0.4, -0.2) is 50.1 Å². The number of Topliss-reactive ketones (excluding diaryl/α,β-unsaturated/α-hetero) is 1. The van der Waals surface area contributed by atoms with Gasteiger partial charge in [-0.25, -0.2) is 12.8 Å². The molecule has 1 N–H and O–H groups in total. The zero-order chi connectivity index (χ0) is 24.6. The lowest BCUT2D eigenvalue weighted by atomic mass is 10.1. The van der Waals surface area contributed by atoms with Gasteiger partial charge in [0.2, 0.25) is 10.0 Å². The van der Waals surface area contributed by atoms with Crippen LogP contribution in [0.25, 0.3) is 0 Å². The largest absolute Gasteiger partial charge is 0.456 e. The van der Waals surface area contributed by atoms with Crippen molar-refractivity contribution in [3.63, 3.8) is 0 Å². The van der Waals surface area contributed by atoms with Crippen molar-refractivity contribution in [2.45, 2.75) is 43.4 Å². The van der Waals surface area contributed by atoms with E-state index >= 15 is 0 Å². The molecule has 2 aromatic carbocycles. The number of hydrogen-bond donors (Lipinski definition) is 1. The number of halogens is 1. The first-order valence-electron chi connectivity index (χ1n) is 11.1. The molecule has 1 fully saturated rings. The number of rotatable bonds is 9. The number of nitrogens with zero attached hydrogens (tertiary/aromatic N) is 1. The number of amides is 1. The predicted octanol–water partition coefficient (Wildman–Crippen LogP) is 3.54. The number of carbonyl (C=O) groups is 3. The summed E-state index contributed by atoms with van der Waals surface area (Å²) in [5.74, 6) is -2.18. The maximum Gasteiger partial charge on any atom is 0.306 e. The number of esters is 1.